The molecule has 1 aliphatic rings. The minimum atomic E-state index is 0.0809. The molecule has 2 atom stereocenters. The summed E-state index contributed by atoms with van der Waals surface area (Å²) in [7, 11) is 0. The molecule has 2 nitrogen and oxygen atoms in total. The van der Waals surface area contributed by atoms with Gasteiger partial charge < -0.3 is 11.1 Å². The molecule has 100 valence electrons. The summed E-state index contributed by atoms with van der Waals surface area (Å²) in [6.07, 6.45) is 2.74. The Kier molecular flexibility index (Phi) is 4.91. The number of hydrogen-bond donors (Lipinski definition) is 2. The molecule has 2 rings (SSSR count). The van der Waals surface area contributed by atoms with Crippen molar-refractivity contribution in [2.24, 2.45) is 17.6 Å². The van der Waals surface area contributed by atoms with Crippen LogP contribution < -0.4 is 11.1 Å². The Bertz CT molecular complexity index is 405. The normalized spacial score (nSPS) is 18.7. The van der Waals surface area contributed by atoms with Crippen molar-refractivity contribution in [2.45, 2.75) is 25.8 Å². The molecule has 0 amide bonds. The molecule has 4 heteroatoms. The molecule has 0 aliphatic heterocycles. The van der Waals surface area contributed by atoms with Crippen molar-refractivity contribution >= 4 is 23.2 Å². The smallest absolute Gasteiger partial charge is 0.0460 e. The molecule has 3 N–H and O–H groups in total. The zero-order valence-electron chi connectivity index (χ0n) is 10.6. The summed E-state index contributed by atoms with van der Waals surface area (Å²) in [6.45, 7) is 3.80. The predicted octanol–water partition coefficient (Wildman–Crippen LogP) is 3.63. The molecule has 0 heterocycles. The molecule has 18 heavy (non-hydrogen) atoms. The van der Waals surface area contributed by atoms with Crippen molar-refractivity contribution in [1.29, 1.82) is 0 Å². The third-order valence-corrected chi connectivity index (χ3v) is 4.26. The third kappa shape index (κ3) is 3.61. The van der Waals surface area contributed by atoms with Crippen LogP contribution in [0.2, 0.25) is 10.0 Å². The summed E-state index contributed by atoms with van der Waals surface area (Å²) in [5.74, 6) is 1.60. The topological polar surface area (TPSA) is 38.0 Å². The summed E-state index contributed by atoms with van der Waals surface area (Å²) >= 11 is 12.2. The highest BCUT2D eigenvalue weighted by molar-refractivity contribution is 6.33. The first kappa shape index (κ1) is 14.1. The lowest BCUT2D eigenvalue weighted by atomic mass is 10.0. The average Bonchev–Trinajstić information content (AvgIpc) is 3.18. The van der Waals surface area contributed by atoms with E-state index in [4.69, 9.17) is 28.9 Å². The van der Waals surface area contributed by atoms with Crippen LogP contribution in [0.15, 0.2) is 18.2 Å². The van der Waals surface area contributed by atoms with Crippen LogP contribution in [0.25, 0.3) is 0 Å². The van der Waals surface area contributed by atoms with Gasteiger partial charge >= 0.3 is 0 Å². The average molecular weight is 287 g/mol. The van der Waals surface area contributed by atoms with E-state index in [0.717, 1.165) is 23.0 Å². The minimum Gasteiger partial charge on any atom is -0.329 e. The van der Waals surface area contributed by atoms with Gasteiger partial charge in [-0.1, -0.05) is 30.1 Å². The number of hydrogen-bond acceptors (Lipinski definition) is 2. The largest absolute Gasteiger partial charge is 0.329 e. The van der Waals surface area contributed by atoms with Crippen LogP contribution in [0, 0.1) is 11.8 Å². The summed E-state index contributed by atoms with van der Waals surface area (Å²) in [4.78, 5) is 0. The van der Waals surface area contributed by atoms with E-state index in [-0.39, 0.29) is 6.04 Å². The van der Waals surface area contributed by atoms with Crippen LogP contribution in [0.3, 0.4) is 0 Å². The van der Waals surface area contributed by atoms with Crippen LogP contribution in [0.1, 0.15) is 31.4 Å². The van der Waals surface area contributed by atoms with E-state index in [1.54, 1.807) is 6.07 Å². The molecule has 1 aliphatic carbocycles. The van der Waals surface area contributed by atoms with Gasteiger partial charge in [-0.2, -0.15) is 0 Å². The monoisotopic (exact) mass is 286 g/mol. The van der Waals surface area contributed by atoms with E-state index in [9.17, 15) is 0 Å². The maximum atomic E-state index is 6.21. The van der Waals surface area contributed by atoms with Crippen LogP contribution in [0.4, 0.5) is 0 Å². The number of nitrogens with one attached hydrogen (secondary N) is 1. The predicted molar refractivity (Wildman–Crippen MR) is 78.1 cm³/mol. The first-order chi connectivity index (χ1) is 8.61. The van der Waals surface area contributed by atoms with Gasteiger partial charge in [0.1, 0.15) is 0 Å². The van der Waals surface area contributed by atoms with Crippen molar-refractivity contribution in [1.82, 2.24) is 5.32 Å². The molecule has 0 aromatic heterocycles. The van der Waals surface area contributed by atoms with E-state index in [0.29, 0.717) is 17.5 Å². The van der Waals surface area contributed by atoms with Gasteiger partial charge in [0.15, 0.2) is 0 Å². The first-order valence-electron chi connectivity index (χ1n) is 6.50. The third-order valence-electron chi connectivity index (χ3n) is 3.68. The van der Waals surface area contributed by atoms with Gasteiger partial charge in [0.2, 0.25) is 0 Å². The fourth-order valence-corrected chi connectivity index (χ4v) is 2.69. The Labute approximate surface area is 119 Å². The van der Waals surface area contributed by atoms with Crippen molar-refractivity contribution in [2.75, 3.05) is 13.1 Å². The van der Waals surface area contributed by atoms with Gasteiger partial charge in [-0.25, -0.2) is 0 Å². The van der Waals surface area contributed by atoms with Gasteiger partial charge in [-0.05, 0) is 55.0 Å². The van der Waals surface area contributed by atoms with Gasteiger partial charge in [0.05, 0.1) is 0 Å². The maximum Gasteiger partial charge on any atom is 0.0460 e. The van der Waals surface area contributed by atoms with Crippen molar-refractivity contribution in [3.05, 3.63) is 33.8 Å². The van der Waals surface area contributed by atoms with Crippen molar-refractivity contribution < 1.29 is 0 Å². The van der Waals surface area contributed by atoms with E-state index in [1.807, 2.05) is 12.1 Å². The van der Waals surface area contributed by atoms with E-state index in [2.05, 4.69) is 12.2 Å². The summed E-state index contributed by atoms with van der Waals surface area (Å²) in [5.41, 5.74) is 6.83. The Morgan fingerprint density at radius 1 is 1.39 bits per heavy atom. The standard InChI is InChI=1S/C14H20Cl2N2/c1-9(10-2-3-10)8-18-14(7-17)12-6-11(15)4-5-13(12)16/h4-6,9-10,14,18H,2-3,7-8,17H2,1H3. The highest BCUT2D eigenvalue weighted by Gasteiger charge is 2.28. The molecule has 0 saturated heterocycles. The molecular formula is C14H20Cl2N2. The Hall–Kier alpha value is -0.280. The fraction of sp³-hybridized carbons (Fsp3) is 0.571. The van der Waals surface area contributed by atoms with Gasteiger partial charge in [0.25, 0.3) is 0 Å². The number of rotatable bonds is 6. The van der Waals surface area contributed by atoms with Crippen molar-refractivity contribution in [3.63, 3.8) is 0 Å². The zero-order chi connectivity index (χ0) is 13.1. The fourth-order valence-electron chi connectivity index (χ4n) is 2.26. The second kappa shape index (κ2) is 6.25. The van der Waals surface area contributed by atoms with Crippen LogP contribution in [-0.4, -0.2) is 13.1 Å². The molecule has 1 saturated carbocycles. The first-order valence-corrected chi connectivity index (χ1v) is 7.25. The zero-order valence-corrected chi connectivity index (χ0v) is 12.1. The highest BCUT2D eigenvalue weighted by atomic mass is 35.5. The molecule has 0 radical (unpaired) electrons. The van der Waals surface area contributed by atoms with Crippen molar-refractivity contribution in [3.8, 4) is 0 Å². The Morgan fingerprint density at radius 2 is 2.11 bits per heavy atom. The second-order valence-electron chi connectivity index (χ2n) is 5.18. The molecular weight excluding hydrogens is 267 g/mol. The molecule has 1 aromatic carbocycles. The summed E-state index contributed by atoms with van der Waals surface area (Å²) in [6, 6.07) is 5.61. The summed E-state index contributed by atoms with van der Waals surface area (Å²) in [5, 5.41) is 4.93. The molecule has 0 spiro atoms. The maximum absolute atomic E-state index is 6.21. The minimum absolute atomic E-state index is 0.0809. The number of benzene rings is 1. The van der Waals surface area contributed by atoms with Crippen LogP contribution in [-0.2, 0) is 0 Å². The van der Waals surface area contributed by atoms with E-state index >= 15 is 0 Å². The van der Waals surface area contributed by atoms with E-state index < -0.39 is 0 Å². The highest BCUT2D eigenvalue weighted by Crippen LogP contribution is 2.36. The molecule has 0 bridgehead atoms. The number of halogens is 2. The lowest BCUT2D eigenvalue weighted by molar-refractivity contribution is 0.423. The lowest BCUT2D eigenvalue weighted by Crippen LogP contribution is -2.32. The van der Waals surface area contributed by atoms with Gasteiger partial charge in [0, 0.05) is 22.6 Å². The second-order valence-corrected chi connectivity index (χ2v) is 6.02. The van der Waals surface area contributed by atoms with Crippen LogP contribution in [0.5, 0.6) is 0 Å². The molecule has 1 fully saturated rings. The SMILES string of the molecule is CC(CNC(CN)c1cc(Cl)ccc1Cl)C1CC1. The lowest BCUT2D eigenvalue weighted by Gasteiger charge is -2.21. The van der Waals surface area contributed by atoms with E-state index in [1.165, 1.54) is 12.8 Å². The Morgan fingerprint density at radius 3 is 2.72 bits per heavy atom. The van der Waals surface area contributed by atoms with Gasteiger partial charge in [-0.3, -0.25) is 0 Å². The number of nitrogens with two attached hydrogens (primary N) is 1. The quantitative estimate of drug-likeness (QED) is 0.838. The Balaban J connectivity index is 2.00. The van der Waals surface area contributed by atoms with Crippen LogP contribution >= 0.6 is 23.2 Å². The molecule has 1 aromatic rings. The molecule has 2 unspecified atom stereocenters. The summed E-state index contributed by atoms with van der Waals surface area (Å²) < 4.78 is 0. The van der Waals surface area contributed by atoms with Gasteiger partial charge in [-0.15, -0.1) is 0 Å².